The van der Waals surface area contributed by atoms with Gasteiger partial charge < -0.3 is 10.0 Å². The highest BCUT2D eigenvalue weighted by atomic mass is 32.2. The first-order valence-corrected chi connectivity index (χ1v) is 7.66. The summed E-state index contributed by atoms with van der Waals surface area (Å²) in [6, 6.07) is 0. The minimum Gasteiger partial charge on any atom is -0.392 e. The number of aryl methyl sites for hydroxylation is 1. The molecule has 110 valence electrons. The SMILES string of the molecule is Cc1[nH]nc(S(=O)(=O)NCCCCN(C)C)c1CO. The Bertz CT molecular complexity index is 496. The maximum absolute atomic E-state index is 12.0. The van der Waals surface area contributed by atoms with Crippen LogP contribution >= 0.6 is 0 Å². The van der Waals surface area contributed by atoms with Crippen LogP contribution in [-0.4, -0.2) is 55.8 Å². The van der Waals surface area contributed by atoms with E-state index >= 15 is 0 Å². The van der Waals surface area contributed by atoms with Crippen molar-refractivity contribution in [1.82, 2.24) is 19.8 Å². The van der Waals surface area contributed by atoms with Gasteiger partial charge in [0.1, 0.15) is 0 Å². The lowest BCUT2D eigenvalue weighted by molar-refractivity contribution is 0.277. The molecule has 0 aliphatic heterocycles. The van der Waals surface area contributed by atoms with Crippen molar-refractivity contribution in [2.75, 3.05) is 27.2 Å². The Morgan fingerprint density at radius 1 is 1.37 bits per heavy atom. The Balaban J connectivity index is 2.56. The fourth-order valence-electron chi connectivity index (χ4n) is 1.67. The fourth-order valence-corrected chi connectivity index (χ4v) is 2.92. The molecule has 1 heterocycles. The molecule has 1 aromatic heterocycles. The smallest absolute Gasteiger partial charge is 0.260 e. The molecule has 1 rings (SSSR count). The number of hydrogen-bond acceptors (Lipinski definition) is 5. The average Bonchev–Trinajstić information content (AvgIpc) is 2.70. The Hall–Kier alpha value is -0.960. The maximum atomic E-state index is 12.0. The number of nitrogens with zero attached hydrogens (tertiary/aromatic N) is 2. The largest absolute Gasteiger partial charge is 0.392 e. The molecule has 0 saturated carbocycles. The summed E-state index contributed by atoms with van der Waals surface area (Å²) in [6.07, 6.45) is 1.68. The maximum Gasteiger partial charge on any atom is 0.260 e. The number of aliphatic hydroxyl groups is 1. The Morgan fingerprint density at radius 3 is 2.63 bits per heavy atom. The molecule has 7 nitrogen and oxygen atoms in total. The van der Waals surface area contributed by atoms with E-state index < -0.39 is 10.0 Å². The van der Waals surface area contributed by atoms with Crippen LogP contribution in [0, 0.1) is 6.92 Å². The van der Waals surface area contributed by atoms with Gasteiger partial charge in [-0.1, -0.05) is 0 Å². The highest BCUT2D eigenvalue weighted by molar-refractivity contribution is 7.89. The van der Waals surface area contributed by atoms with Gasteiger partial charge in [-0.05, 0) is 40.4 Å². The number of nitrogens with one attached hydrogen (secondary N) is 2. The normalized spacial score (nSPS) is 12.3. The molecule has 0 unspecified atom stereocenters. The van der Waals surface area contributed by atoms with Crippen LogP contribution in [0.1, 0.15) is 24.1 Å². The van der Waals surface area contributed by atoms with E-state index in [9.17, 15) is 8.42 Å². The highest BCUT2D eigenvalue weighted by Gasteiger charge is 2.22. The summed E-state index contributed by atoms with van der Waals surface area (Å²) in [5, 5.41) is 15.4. The zero-order valence-electron chi connectivity index (χ0n) is 11.6. The predicted molar refractivity (Wildman–Crippen MR) is 72.2 cm³/mol. The van der Waals surface area contributed by atoms with Crippen molar-refractivity contribution in [2.24, 2.45) is 0 Å². The van der Waals surface area contributed by atoms with Gasteiger partial charge in [0.2, 0.25) is 0 Å². The van der Waals surface area contributed by atoms with Crippen molar-refractivity contribution < 1.29 is 13.5 Å². The molecular formula is C11H22N4O3S. The molecular weight excluding hydrogens is 268 g/mol. The van der Waals surface area contributed by atoms with Crippen LogP contribution in [0.4, 0.5) is 0 Å². The summed E-state index contributed by atoms with van der Waals surface area (Å²) in [5.74, 6) is 0. The van der Waals surface area contributed by atoms with Crippen LogP contribution in [0.25, 0.3) is 0 Å². The third kappa shape index (κ3) is 4.57. The molecule has 8 heteroatoms. The summed E-state index contributed by atoms with van der Waals surface area (Å²) in [6.45, 7) is 2.62. The van der Waals surface area contributed by atoms with Crippen molar-refractivity contribution >= 4 is 10.0 Å². The molecule has 0 saturated heterocycles. The number of aliphatic hydroxyl groups excluding tert-OH is 1. The minimum absolute atomic E-state index is 0.111. The van der Waals surface area contributed by atoms with Gasteiger partial charge in [0.25, 0.3) is 10.0 Å². The van der Waals surface area contributed by atoms with Crippen LogP contribution in [0.3, 0.4) is 0 Å². The molecule has 0 amide bonds. The molecule has 0 radical (unpaired) electrons. The number of unbranched alkanes of at least 4 members (excludes halogenated alkanes) is 1. The van der Waals surface area contributed by atoms with Gasteiger partial charge in [-0.3, -0.25) is 5.10 Å². The minimum atomic E-state index is -3.65. The fraction of sp³-hybridized carbons (Fsp3) is 0.727. The molecule has 3 N–H and O–H groups in total. The van der Waals surface area contributed by atoms with E-state index in [0.717, 1.165) is 19.4 Å². The lowest BCUT2D eigenvalue weighted by atomic mass is 10.3. The Labute approximate surface area is 114 Å². The van der Waals surface area contributed by atoms with Crippen molar-refractivity contribution in [3.05, 3.63) is 11.3 Å². The predicted octanol–water partition coefficient (Wildman–Crippen LogP) is -0.169. The lowest BCUT2D eigenvalue weighted by Gasteiger charge is -2.09. The van der Waals surface area contributed by atoms with E-state index in [2.05, 4.69) is 19.8 Å². The van der Waals surface area contributed by atoms with E-state index in [-0.39, 0.29) is 11.6 Å². The summed E-state index contributed by atoms with van der Waals surface area (Å²) in [5.41, 5.74) is 0.885. The number of sulfonamides is 1. The van der Waals surface area contributed by atoms with E-state index in [0.29, 0.717) is 17.8 Å². The number of rotatable bonds is 8. The van der Waals surface area contributed by atoms with Crippen LogP contribution in [0.2, 0.25) is 0 Å². The number of aromatic nitrogens is 2. The van der Waals surface area contributed by atoms with E-state index in [4.69, 9.17) is 5.11 Å². The second-order valence-corrected chi connectivity index (χ2v) is 6.38. The van der Waals surface area contributed by atoms with Gasteiger partial charge in [0.15, 0.2) is 5.03 Å². The topological polar surface area (TPSA) is 98.3 Å². The number of hydrogen-bond donors (Lipinski definition) is 3. The molecule has 0 spiro atoms. The summed E-state index contributed by atoms with van der Waals surface area (Å²) in [7, 11) is 0.304. The van der Waals surface area contributed by atoms with Gasteiger partial charge in [0, 0.05) is 17.8 Å². The van der Waals surface area contributed by atoms with Crippen LogP contribution < -0.4 is 4.72 Å². The molecule has 0 aliphatic carbocycles. The van der Waals surface area contributed by atoms with Crippen molar-refractivity contribution in [2.45, 2.75) is 31.4 Å². The van der Waals surface area contributed by atoms with Gasteiger partial charge in [-0.15, -0.1) is 0 Å². The molecule has 19 heavy (non-hydrogen) atoms. The molecule has 0 bridgehead atoms. The van der Waals surface area contributed by atoms with Gasteiger partial charge >= 0.3 is 0 Å². The van der Waals surface area contributed by atoms with Gasteiger partial charge in [-0.25, -0.2) is 13.1 Å². The standard InChI is InChI=1S/C11H22N4O3S/c1-9-10(8-16)11(14-13-9)19(17,18)12-6-4-5-7-15(2)3/h12,16H,4-8H2,1-3H3,(H,13,14). The van der Waals surface area contributed by atoms with Crippen molar-refractivity contribution in [3.63, 3.8) is 0 Å². The van der Waals surface area contributed by atoms with Crippen LogP contribution in [0.5, 0.6) is 0 Å². The van der Waals surface area contributed by atoms with Gasteiger partial charge in [0.05, 0.1) is 6.61 Å². The molecule has 0 aliphatic rings. The third-order valence-electron chi connectivity index (χ3n) is 2.77. The van der Waals surface area contributed by atoms with Crippen molar-refractivity contribution in [3.8, 4) is 0 Å². The van der Waals surface area contributed by atoms with E-state index in [1.807, 2.05) is 14.1 Å². The Morgan fingerprint density at radius 2 is 2.05 bits per heavy atom. The molecule has 0 fully saturated rings. The first kappa shape index (κ1) is 16.1. The molecule has 0 atom stereocenters. The third-order valence-corrected chi connectivity index (χ3v) is 4.20. The van der Waals surface area contributed by atoms with Crippen LogP contribution in [-0.2, 0) is 16.6 Å². The monoisotopic (exact) mass is 290 g/mol. The quantitative estimate of drug-likeness (QED) is 0.577. The Kier molecular flexibility index (Phi) is 5.92. The highest BCUT2D eigenvalue weighted by Crippen LogP contribution is 2.15. The molecule has 1 aromatic rings. The van der Waals surface area contributed by atoms with Gasteiger partial charge in [-0.2, -0.15) is 5.10 Å². The zero-order chi connectivity index (χ0) is 14.5. The average molecular weight is 290 g/mol. The summed E-state index contributed by atoms with van der Waals surface area (Å²) in [4.78, 5) is 2.05. The summed E-state index contributed by atoms with van der Waals surface area (Å²) >= 11 is 0. The first-order valence-electron chi connectivity index (χ1n) is 6.17. The van der Waals surface area contributed by atoms with Crippen LogP contribution in [0.15, 0.2) is 5.03 Å². The zero-order valence-corrected chi connectivity index (χ0v) is 12.4. The number of H-pyrrole nitrogens is 1. The summed E-state index contributed by atoms with van der Waals surface area (Å²) < 4.78 is 26.5. The van der Waals surface area contributed by atoms with Crippen molar-refractivity contribution in [1.29, 1.82) is 0 Å². The van der Waals surface area contributed by atoms with E-state index in [1.165, 1.54) is 0 Å². The lowest BCUT2D eigenvalue weighted by Crippen LogP contribution is -2.26. The second-order valence-electron chi connectivity index (χ2n) is 4.70. The van der Waals surface area contributed by atoms with E-state index in [1.54, 1.807) is 6.92 Å². The first-order chi connectivity index (χ1) is 8.88. The second kappa shape index (κ2) is 6.99. The number of aromatic amines is 1. The molecule has 0 aromatic carbocycles.